The smallest absolute Gasteiger partial charge is 0.377 e. The van der Waals surface area contributed by atoms with Crippen molar-refractivity contribution in [3.63, 3.8) is 0 Å². The molecule has 0 fully saturated rings. The first-order chi connectivity index (χ1) is 20.3. The second kappa shape index (κ2) is 12.7. The summed E-state index contributed by atoms with van der Waals surface area (Å²) >= 11 is 0. The molecule has 0 rings (SSSR count). The van der Waals surface area contributed by atoms with Gasteiger partial charge in [0.2, 0.25) is 0 Å². The molecule has 1 amide bonds. The van der Waals surface area contributed by atoms with Gasteiger partial charge in [-0.25, -0.2) is 0 Å². The van der Waals surface area contributed by atoms with E-state index in [1.165, 1.54) is 0 Å². The monoisotopic (exact) mass is 775 g/mol. The summed E-state index contributed by atoms with van der Waals surface area (Å²) < 4.78 is 323. The van der Waals surface area contributed by atoms with Crippen LogP contribution < -0.4 is 5.32 Å². The molecule has 282 valence electrons. The molecule has 0 aliphatic carbocycles. The molecule has 0 heterocycles. The number of alkyl halides is 23. The maximum Gasteiger partial charge on any atom is 0.500 e. The highest BCUT2D eigenvalue weighted by Gasteiger charge is 2.99. The van der Waals surface area contributed by atoms with E-state index in [0.29, 0.717) is 5.32 Å². The van der Waals surface area contributed by atoms with Crippen LogP contribution in [0.15, 0.2) is 0 Å². The van der Waals surface area contributed by atoms with Crippen LogP contribution in [0, 0.1) is 0 Å². The summed E-state index contributed by atoms with van der Waals surface area (Å²) in [4.78, 5) is 11.4. The SMILES string of the molecule is CO[Si](CCCNC(=O)C(F)(F)C(F)(F)C(F)(F)C(F)(F)C(F)(F)C(F)(F)C(F)(F)C(F)(F)C(F)(F)C(F)(F)C(F)(F)F)(OC)OC. The Hall–Kier alpha value is -2.04. The number of amides is 1. The Balaban J connectivity index is 6.79. The maximum atomic E-state index is 14.0. The van der Waals surface area contributed by atoms with Crippen molar-refractivity contribution in [1.82, 2.24) is 5.32 Å². The van der Waals surface area contributed by atoms with Gasteiger partial charge in [0.15, 0.2) is 0 Å². The third kappa shape index (κ3) is 6.29. The van der Waals surface area contributed by atoms with Crippen molar-refractivity contribution in [2.45, 2.75) is 77.9 Å². The Morgan fingerprint density at radius 2 is 0.723 bits per heavy atom. The van der Waals surface area contributed by atoms with Crippen molar-refractivity contribution >= 4 is 14.7 Å². The zero-order valence-electron chi connectivity index (χ0n) is 22.4. The van der Waals surface area contributed by atoms with Gasteiger partial charge in [-0.15, -0.1) is 0 Å². The average Bonchev–Trinajstić information content (AvgIpc) is 2.91. The molecular formula is C18H16F23NO4Si. The average molecular weight is 775 g/mol. The Bertz CT molecular complexity index is 1100. The van der Waals surface area contributed by atoms with Crippen molar-refractivity contribution in [3.05, 3.63) is 0 Å². The van der Waals surface area contributed by atoms with Gasteiger partial charge in [-0.05, 0) is 6.42 Å². The molecule has 0 unspecified atom stereocenters. The number of carbonyl (C=O) groups excluding carboxylic acids is 1. The zero-order chi connectivity index (χ0) is 38.5. The summed E-state index contributed by atoms with van der Waals surface area (Å²) in [5, 5.41) is 0.661. The molecule has 0 bridgehead atoms. The molecule has 0 aliphatic rings. The van der Waals surface area contributed by atoms with Gasteiger partial charge in [-0.2, -0.15) is 101 Å². The highest BCUT2D eigenvalue weighted by Crippen LogP contribution is 2.67. The summed E-state index contributed by atoms with van der Waals surface area (Å²) in [5.41, 5.74) is 0. The van der Waals surface area contributed by atoms with Crippen LogP contribution in [0.25, 0.3) is 0 Å². The molecule has 5 nitrogen and oxygen atoms in total. The van der Waals surface area contributed by atoms with E-state index >= 15 is 0 Å². The van der Waals surface area contributed by atoms with Crippen LogP contribution in [0.4, 0.5) is 101 Å². The summed E-state index contributed by atoms with van der Waals surface area (Å²) in [6.45, 7) is -1.36. The van der Waals surface area contributed by atoms with Gasteiger partial charge in [0, 0.05) is 33.9 Å². The van der Waals surface area contributed by atoms with Crippen LogP contribution in [0.3, 0.4) is 0 Å². The number of hydrogen-bond donors (Lipinski definition) is 1. The molecule has 29 heteroatoms. The summed E-state index contributed by atoms with van der Waals surface area (Å²) in [6, 6.07) is -0.527. The third-order valence-electron chi connectivity index (χ3n) is 6.07. The van der Waals surface area contributed by atoms with E-state index in [2.05, 4.69) is 0 Å². The molecule has 1 N–H and O–H groups in total. The fraction of sp³-hybridized carbons (Fsp3) is 0.944. The van der Waals surface area contributed by atoms with E-state index < -0.39 is 99.1 Å². The quantitative estimate of drug-likeness (QED) is 0.0960. The molecule has 0 aliphatic heterocycles. The Kier molecular flexibility index (Phi) is 12.1. The van der Waals surface area contributed by atoms with Gasteiger partial charge >= 0.3 is 74.2 Å². The normalized spacial score (nSPS) is 16.0. The Morgan fingerprint density at radius 3 is 0.979 bits per heavy atom. The molecule has 0 spiro atoms. The molecule has 0 atom stereocenters. The van der Waals surface area contributed by atoms with E-state index in [-0.39, 0.29) is 0 Å². The van der Waals surface area contributed by atoms with Crippen LogP contribution in [0.1, 0.15) is 6.42 Å². The van der Waals surface area contributed by atoms with E-state index in [0.717, 1.165) is 21.3 Å². The second-order valence-electron chi connectivity index (χ2n) is 8.90. The largest absolute Gasteiger partial charge is 0.500 e. The minimum absolute atomic E-state index is 0.527. The molecule has 0 radical (unpaired) electrons. The van der Waals surface area contributed by atoms with Crippen molar-refractivity contribution < 1.29 is 119 Å². The predicted octanol–water partition coefficient (Wildman–Crippen LogP) is 7.29. The van der Waals surface area contributed by atoms with Crippen LogP contribution in [0.2, 0.25) is 6.04 Å². The summed E-state index contributed by atoms with van der Waals surface area (Å²) in [5.74, 6) is -93.4. The number of rotatable bonds is 17. The van der Waals surface area contributed by atoms with Crippen molar-refractivity contribution in [2.24, 2.45) is 0 Å². The number of nitrogens with one attached hydrogen (secondary N) is 1. The van der Waals surface area contributed by atoms with Gasteiger partial charge < -0.3 is 18.6 Å². The second-order valence-corrected chi connectivity index (χ2v) is 12.0. The first-order valence-corrected chi connectivity index (χ1v) is 13.0. The van der Waals surface area contributed by atoms with Gasteiger partial charge in [0.1, 0.15) is 0 Å². The van der Waals surface area contributed by atoms with Crippen molar-refractivity contribution in [2.75, 3.05) is 27.9 Å². The van der Waals surface area contributed by atoms with E-state index in [4.69, 9.17) is 13.3 Å². The minimum Gasteiger partial charge on any atom is -0.377 e. The molecule has 0 saturated heterocycles. The standard InChI is InChI=1S/C18H16F23NO4Si/c1-44-47(45-2,46-3)6-4-5-42-7(43)8(19,20)9(21,22)10(23,24)11(25,26)12(27,28)13(29,30)14(31,32)15(33,34)16(35,36)17(37,38)18(39,40)41/h4-6H2,1-3H3,(H,42,43). The lowest BCUT2D eigenvalue weighted by molar-refractivity contribution is -0.477. The lowest BCUT2D eigenvalue weighted by Crippen LogP contribution is -2.78. The molecule has 47 heavy (non-hydrogen) atoms. The van der Waals surface area contributed by atoms with Crippen molar-refractivity contribution in [3.8, 4) is 0 Å². The van der Waals surface area contributed by atoms with E-state index in [1.807, 2.05) is 0 Å². The first-order valence-electron chi connectivity index (χ1n) is 11.1. The molecular weight excluding hydrogens is 759 g/mol. The number of carbonyl (C=O) groups is 1. The Morgan fingerprint density at radius 1 is 0.468 bits per heavy atom. The van der Waals surface area contributed by atoms with Gasteiger partial charge in [0.25, 0.3) is 5.91 Å². The predicted molar refractivity (Wildman–Crippen MR) is 105 cm³/mol. The third-order valence-corrected chi connectivity index (χ3v) is 8.90. The molecule has 0 aromatic carbocycles. The lowest BCUT2D eigenvalue weighted by atomic mass is 9.85. The van der Waals surface area contributed by atoms with Crippen LogP contribution in [-0.4, -0.2) is 108 Å². The fourth-order valence-corrected chi connectivity index (χ4v) is 4.79. The highest BCUT2D eigenvalue weighted by molar-refractivity contribution is 6.60. The van der Waals surface area contributed by atoms with Gasteiger partial charge in [-0.3, -0.25) is 4.79 Å². The Labute approximate surface area is 246 Å². The topological polar surface area (TPSA) is 56.8 Å². The number of halogens is 23. The van der Waals surface area contributed by atoms with E-state index in [9.17, 15) is 106 Å². The fourth-order valence-electron chi connectivity index (χ4n) is 3.07. The summed E-state index contributed by atoms with van der Waals surface area (Å²) in [7, 11) is -0.829. The maximum absolute atomic E-state index is 14.0. The summed E-state index contributed by atoms with van der Waals surface area (Å²) in [6.07, 6.45) is -8.88. The van der Waals surface area contributed by atoms with Crippen LogP contribution in [0.5, 0.6) is 0 Å². The molecule has 0 aromatic rings. The number of hydrogen-bond acceptors (Lipinski definition) is 4. The van der Waals surface area contributed by atoms with Crippen LogP contribution >= 0.6 is 0 Å². The first kappa shape index (κ1) is 45.0. The highest BCUT2D eigenvalue weighted by atomic mass is 28.4. The van der Waals surface area contributed by atoms with Gasteiger partial charge in [-0.1, -0.05) is 0 Å². The van der Waals surface area contributed by atoms with E-state index in [1.54, 1.807) is 0 Å². The van der Waals surface area contributed by atoms with Crippen molar-refractivity contribution in [1.29, 1.82) is 0 Å². The van der Waals surface area contributed by atoms with Crippen LogP contribution in [-0.2, 0) is 18.1 Å². The minimum atomic E-state index is -9.50. The van der Waals surface area contributed by atoms with Gasteiger partial charge in [0.05, 0.1) is 0 Å². The zero-order valence-corrected chi connectivity index (χ0v) is 23.4. The molecule has 0 aromatic heterocycles. The lowest BCUT2D eigenvalue weighted by Gasteiger charge is -2.45. The molecule has 0 saturated carbocycles.